The molecule has 3 rings (SSSR count). The highest BCUT2D eigenvalue weighted by molar-refractivity contribution is 5.32. The lowest BCUT2D eigenvalue weighted by atomic mass is 9.66. The minimum atomic E-state index is -0.865. The molecule has 3 unspecified atom stereocenters. The summed E-state index contributed by atoms with van der Waals surface area (Å²) in [5, 5.41) is 21.4. The van der Waals surface area contributed by atoms with Gasteiger partial charge in [0.05, 0.1) is 5.60 Å². The maximum Gasteiger partial charge on any atom is 0.115 e. The maximum atomic E-state index is 11.5. The second kappa shape index (κ2) is 7.59. The van der Waals surface area contributed by atoms with Crippen LogP contribution in [0.1, 0.15) is 30.4 Å². The molecule has 25 heavy (non-hydrogen) atoms. The first-order valence-corrected chi connectivity index (χ1v) is 9.18. The van der Waals surface area contributed by atoms with E-state index in [1.165, 1.54) is 5.56 Å². The standard InChI is InChI=1S/C22H29NO2/c1-23(2)16-20-14-18(13-17-7-4-3-5-8-17)11-12-22(20,25)19-9-6-10-21(24)15-19/h3-10,15,18,20,24-25H,11-14,16H2,1-2H3. The van der Waals surface area contributed by atoms with Gasteiger partial charge in [-0.05, 0) is 69.0 Å². The molecule has 1 aliphatic carbocycles. The molecule has 3 heteroatoms. The molecule has 134 valence electrons. The van der Waals surface area contributed by atoms with Crippen molar-refractivity contribution < 1.29 is 10.2 Å². The number of phenolic OH excluding ortho intramolecular Hbond substituents is 1. The zero-order valence-corrected chi connectivity index (χ0v) is 15.2. The largest absolute Gasteiger partial charge is 0.508 e. The average molecular weight is 339 g/mol. The summed E-state index contributed by atoms with van der Waals surface area (Å²) >= 11 is 0. The Balaban J connectivity index is 1.81. The molecule has 3 atom stereocenters. The summed E-state index contributed by atoms with van der Waals surface area (Å²) in [5.41, 5.74) is 1.35. The normalized spacial score (nSPS) is 26.7. The van der Waals surface area contributed by atoms with Crippen molar-refractivity contribution in [3.63, 3.8) is 0 Å². The van der Waals surface area contributed by atoms with Crippen molar-refractivity contribution in [3.8, 4) is 5.75 Å². The zero-order chi connectivity index (χ0) is 17.9. The van der Waals surface area contributed by atoms with Crippen LogP contribution in [0.15, 0.2) is 54.6 Å². The number of nitrogens with zero attached hydrogens (tertiary/aromatic N) is 1. The fourth-order valence-electron chi connectivity index (χ4n) is 4.30. The Kier molecular flexibility index (Phi) is 5.45. The SMILES string of the molecule is CN(C)CC1CC(Cc2ccccc2)CCC1(O)c1cccc(O)c1. The summed E-state index contributed by atoms with van der Waals surface area (Å²) in [6.07, 6.45) is 3.82. The lowest BCUT2D eigenvalue weighted by Crippen LogP contribution is -2.45. The molecule has 2 N–H and O–H groups in total. The third-order valence-electron chi connectivity index (χ3n) is 5.53. The third kappa shape index (κ3) is 4.23. The summed E-state index contributed by atoms with van der Waals surface area (Å²) in [7, 11) is 4.12. The quantitative estimate of drug-likeness (QED) is 0.871. The van der Waals surface area contributed by atoms with Crippen molar-refractivity contribution in [3.05, 3.63) is 65.7 Å². The Morgan fingerprint density at radius 2 is 1.84 bits per heavy atom. The first kappa shape index (κ1) is 18.0. The lowest BCUT2D eigenvalue weighted by Gasteiger charge is -2.44. The van der Waals surface area contributed by atoms with Gasteiger partial charge < -0.3 is 15.1 Å². The maximum absolute atomic E-state index is 11.5. The van der Waals surface area contributed by atoms with E-state index in [1.54, 1.807) is 12.1 Å². The summed E-state index contributed by atoms with van der Waals surface area (Å²) in [5.74, 6) is 0.970. The van der Waals surface area contributed by atoms with E-state index in [1.807, 2.05) is 12.1 Å². The average Bonchev–Trinajstić information content (AvgIpc) is 2.58. The molecule has 1 aliphatic rings. The highest BCUT2D eigenvalue weighted by Gasteiger charge is 2.43. The van der Waals surface area contributed by atoms with Crippen molar-refractivity contribution >= 4 is 0 Å². The first-order chi connectivity index (χ1) is 12.0. The van der Waals surface area contributed by atoms with Gasteiger partial charge in [-0.2, -0.15) is 0 Å². The topological polar surface area (TPSA) is 43.7 Å². The van der Waals surface area contributed by atoms with E-state index in [4.69, 9.17) is 0 Å². The van der Waals surface area contributed by atoms with E-state index in [9.17, 15) is 10.2 Å². The minimum absolute atomic E-state index is 0.159. The molecular weight excluding hydrogens is 310 g/mol. The van der Waals surface area contributed by atoms with Gasteiger partial charge in [0, 0.05) is 12.5 Å². The number of rotatable bonds is 5. The van der Waals surface area contributed by atoms with E-state index in [-0.39, 0.29) is 11.7 Å². The molecule has 1 saturated carbocycles. The Hall–Kier alpha value is -1.84. The van der Waals surface area contributed by atoms with Crippen molar-refractivity contribution in [2.24, 2.45) is 11.8 Å². The zero-order valence-electron chi connectivity index (χ0n) is 15.2. The van der Waals surface area contributed by atoms with Gasteiger partial charge in [-0.25, -0.2) is 0 Å². The van der Waals surface area contributed by atoms with Crippen LogP contribution >= 0.6 is 0 Å². The molecule has 0 heterocycles. The van der Waals surface area contributed by atoms with Gasteiger partial charge in [-0.15, -0.1) is 0 Å². The van der Waals surface area contributed by atoms with Crippen LogP contribution in [-0.4, -0.2) is 35.8 Å². The molecular formula is C22H29NO2. The Labute approximate surface area is 150 Å². The number of hydrogen-bond donors (Lipinski definition) is 2. The highest BCUT2D eigenvalue weighted by Crippen LogP contribution is 2.45. The second-order valence-corrected chi connectivity index (χ2v) is 7.76. The molecule has 0 aliphatic heterocycles. The second-order valence-electron chi connectivity index (χ2n) is 7.76. The first-order valence-electron chi connectivity index (χ1n) is 9.18. The highest BCUT2D eigenvalue weighted by atomic mass is 16.3. The molecule has 0 spiro atoms. The van der Waals surface area contributed by atoms with Gasteiger partial charge >= 0.3 is 0 Å². The van der Waals surface area contributed by atoms with Gasteiger partial charge in [-0.1, -0.05) is 42.5 Å². The molecule has 0 radical (unpaired) electrons. The van der Waals surface area contributed by atoms with Crippen LogP contribution in [0.5, 0.6) is 5.75 Å². The van der Waals surface area contributed by atoms with E-state index >= 15 is 0 Å². The fourth-order valence-corrected chi connectivity index (χ4v) is 4.30. The number of benzene rings is 2. The number of phenols is 1. The lowest BCUT2D eigenvalue weighted by molar-refractivity contribution is -0.0753. The predicted octanol–water partition coefficient (Wildman–Crippen LogP) is 3.80. The van der Waals surface area contributed by atoms with E-state index in [0.717, 1.165) is 37.8 Å². The van der Waals surface area contributed by atoms with Crippen molar-refractivity contribution in [1.29, 1.82) is 0 Å². The van der Waals surface area contributed by atoms with Gasteiger partial charge in [0.1, 0.15) is 5.75 Å². The monoisotopic (exact) mass is 339 g/mol. The smallest absolute Gasteiger partial charge is 0.115 e. The van der Waals surface area contributed by atoms with Crippen molar-refractivity contribution in [2.45, 2.75) is 31.3 Å². The van der Waals surface area contributed by atoms with Gasteiger partial charge in [0.2, 0.25) is 0 Å². The van der Waals surface area contributed by atoms with Crippen LogP contribution in [0, 0.1) is 11.8 Å². The molecule has 2 aromatic rings. The van der Waals surface area contributed by atoms with Crippen LogP contribution in [0.3, 0.4) is 0 Å². The van der Waals surface area contributed by atoms with Crippen LogP contribution in [0.25, 0.3) is 0 Å². The molecule has 0 amide bonds. The number of hydrogen-bond acceptors (Lipinski definition) is 3. The van der Waals surface area contributed by atoms with E-state index in [0.29, 0.717) is 5.92 Å². The predicted molar refractivity (Wildman–Crippen MR) is 102 cm³/mol. The van der Waals surface area contributed by atoms with Crippen LogP contribution in [0.4, 0.5) is 0 Å². The van der Waals surface area contributed by atoms with E-state index in [2.05, 4.69) is 49.3 Å². The molecule has 1 fully saturated rings. The number of aliphatic hydroxyl groups is 1. The van der Waals surface area contributed by atoms with Crippen molar-refractivity contribution in [2.75, 3.05) is 20.6 Å². The number of aromatic hydroxyl groups is 1. The third-order valence-corrected chi connectivity index (χ3v) is 5.53. The Bertz CT molecular complexity index is 685. The fraction of sp³-hybridized carbons (Fsp3) is 0.455. The molecule has 0 bridgehead atoms. The molecule has 2 aromatic carbocycles. The van der Waals surface area contributed by atoms with E-state index < -0.39 is 5.60 Å². The molecule has 0 saturated heterocycles. The Morgan fingerprint density at radius 1 is 1.08 bits per heavy atom. The van der Waals surface area contributed by atoms with Crippen LogP contribution < -0.4 is 0 Å². The van der Waals surface area contributed by atoms with Gasteiger partial charge in [0.25, 0.3) is 0 Å². The molecule has 3 nitrogen and oxygen atoms in total. The van der Waals surface area contributed by atoms with Gasteiger partial charge in [-0.3, -0.25) is 0 Å². The summed E-state index contributed by atoms with van der Waals surface area (Å²) in [6.45, 7) is 0.845. The summed E-state index contributed by atoms with van der Waals surface area (Å²) in [4.78, 5) is 2.16. The minimum Gasteiger partial charge on any atom is -0.508 e. The van der Waals surface area contributed by atoms with Crippen LogP contribution in [0.2, 0.25) is 0 Å². The van der Waals surface area contributed by atoms with Crippen molar-refractivity contribution in [1.82, 2.24) is 4.90 Å². The Morgan fingerprint density at radius 3 is 2.52 bits per heavy atom. The van der Waals surface area contributed by atoms with Crippen LogP contribution in [-0.2, 0) is 12.0 Å². The van der Waals surface area contributed by atoms with Gasteiger partial charge in [0.15, 0.2) is 0 Å². The molecule has 0 aromatic heterocycles. The summed E-state index contributed by atoms with van der Waals surface area (Å²) in [6, 6.07) is 17.8. The summed E-state index contributed by atoms with van der Waals surface area (Å²) < 4.78 is 0.